The molecule has 180 valence electrons. The third-order valence-corrected chi connectivity index (χ3v) is 7.47. The molecule has 7 heteroatoms. The maximum atomic E-state index is 14.7. The van der Waals surface area contributed by atoms with Gasteiger partial charge >= 0.3 is 5.91 Å². The van der Waals surface area contributed by atoms with Gasteiger partial charge < -0.3 is 4.90 Å². The average Bonchev–Trinajstić information content (AvgIpc) is 3.55. The highest BCUT2D eigenvalue weighted by Gasteiger charge is 2.64. The monoisotopic (exact) mass is 475 g/mol. The third-order valence-electron chi connectivity index (χ3n) is 7.47. The van der Waals surface area contributed by atoms with Crippen LogP contribution in [0.4, 0.5) is 14.5 Å². The molecule has 0 N–H and O–H groups in total. The standard InChI is InChI=1S/C28H27F2N3O2/c1-19-5-4-13-31-26(19)24-15-21(8-9-25(24)30)18-32-14-12-27(17-20(32)2)10-11-28(34-35-28)33(27)23-7-3-6-22(29)16-23/h3-11,13,15-16,20H,12,14,17-18H2,1-2H3/t20-,27+/m0/s1. The van der Waals surface area contributed by atoms with Crippen LogP contribution >= 0.6 is 0 Å². The van der Waals surface area contributed by atoms with E-state index in [1.54, 1.807) is 12.3 Å². The van der Waals surface area contributed by atoms with E-state index in [1.807, 2.05) is 43.3 Å². The van der Waals surface area contributed by atoms with Crippen LogP contribution in [0.15, 0.2) is 72.9 Å². The quantitative estimate of drug-likeness (QED) is 0.273. The molecule has 5 nitrogen and oxygen atoms in total. The van der Waals surface area contributed by atoms with Crippen LogP contribution in [0.25, 0.3) is 11.3 Å². The molecule has 2 spiro atoms. The number of likely N-dealkylation sites (tertiary alicyclic amines) is 1. The number of aryl methyl sites for hydroxylation is 1. The zero-order valence-electron chi connectivity index (χ0n) is 19.7. The second-order valence-electron chi connectivity index (χ2n) is 9.81. The van der Waals surface area contributed by atoms with E-state index in [9.17, 15) is 8.78 Å². The Bertz CT molecular complexity index is 1310. The minimum Gasteiger partial charge on any atom is -0.304 e. The van der Waals surface area contributed by atoms with Gasteiger partial charge in [-0.1, -0.05) is 24.3 Å². The lowest BCUT2D eigenvalue weighted by Gasteiger charge is -2.48. The molecule has 4 heterocycles. The Kier molecular flexibility index (Phi) is 5.25. The van der Waals surface area contributed by atoms with Crippen molar-refractivity contribution in [1.29, 1.82) is 0 Å². The summed E-state index contributed by atoms with van der Waals surface area (Å²) < 4.78 is 28.8. The summed E-state index contributed by atoms with van der Waals surface area (Å²) in [5, 5.41) is 0. The summed E-state index contributed by atoms with van der Waals surface area (Å²) in [7, 11) is 0. The van der Waals surface area contributed by atoms with Crippen LogP contribution in [0.3, 0.4) is 0 Å². The smallest absolute Gasteiger partial charge is 0.304 e. The van der Waals surface area contributed by atoms with Gasteiger partial charge in [0, 0.05) is 42.7 Å². The van der Waals surface area contributed by atoms with E-state index in [4.69, 9.17) is 9.78 Å². The summed E-state index contributed by atoms with van der Waals surface area (Å²) in [6.07, 6.45) is 7.43. The Labute approximate surface area is 203 Å². The van der Waals surface area contributed by atoms with Gasteiger partial charge in [-0.25, -0.2) is 8.78 Å². The van der Waals surface area contributed by atoms with Gasteiger partial charge in [0.15, 0.2) is 0 Å². The Balaban J connectivity index is 1.24. The van der Waals surface area contributed by atoms with E-state index in [1.165, 1.54) is 18.2 Å². The fourth-order valence-corrected chi connectivity index (χ4v) is 5.69. The van der Waals surface area contributed by atoms with Crippen LogP contribution in [0.2, 0.25) is 0 Å². The van der Waals surface area contributed by atoms with Crippen LogP contribution in [-0.2, 0) is 16.3 Å². The molecule has 0 saturated carbocycles. The first kappa shape index (κ1) is 22.3. The maximum Gasteiger partial charge on any atom is 0.331 e. The van der Waals surface area contributed by atoms with Gasteiger partial charge in [0.25, 0.3) is 0 Å². The van der Waals surface area contributed by atoms with Crippen molar-refractivity contribution in [3.05, 3.63) is 95.7 Å². The third kappa shape index (κ3) is 3.84. The highest BCUT2D eigenvalue weighted by atomic mass is 19.1. The number of benzene rings is 2. The summed E-state index contributed by atoms with van der Waals surface area (Å²) in [6.45, 7) is 5.67. The molecule has 0 unspecified atom stereocenters. The fourth-order valence-electron chi connectivity index (χ4n) is 5.69. The van der Waals surface area contributed by atoms with Crippen molar-refractivity contribution in [2.75, 3.05) is 11.4 Å². The van der Waals surface area contributed by atoms with Crippen molar-refractivity contribution >= 4 is 5.69 Å². The molecule has 3 aromatic rings. The number of rotatable bonds is 4. The predicted octanol–water partition coefficient (Wildman–Crippen LogP) is 5.75. The molecular formula is C28H27F2N3O2. The van der Waals surface area contributed by atoms with Crippen molar-refractivity contribution in [2.24, 2.45) is 0 Å². The van der Waals surface area contributed by atoms with Gasteiger partial charge in [-0.05, 0) is 74.2 Å². The van der Waals surface area contributed by atoms with Crippen molar-refractivity contribution in [3.8, 4) is 11.3 Å². The lowest BCUT2D eigenvalue weighted by molar-refractivity contribution is 0.0850. The average molecular weight is 476 g/mol. The van der Waals surface area contributed by atoms with Crippen molar-refractivity contribution in [3.63, 3.8) is 0 Å². The van der Waals surface area contributed by atoms with E-state index in [-0.39, 0.29) is 23.2 Å². The number of aromatic nitrogens is 1. The van der Waals surface area contributed by atoms with Crippen LogP contribution in [0.5, 0.6) is 0 Å². The number of pyridine rings is 1. The first-order chi connectivity index (χ1) is 16.9. The van der Waals surface area contributed by atoms with Crippen molar-refractivity contribution in [2.45, 2.75) is 50.7 Å². The summed E-state index contributed by atoms with van der Waals surface area (Å²) in [5.41, 5.74) is 3.60. The molecule has 0 bridgehead atoms. The highest BCUT2D eigenvalue weighted by Crippen LogP contribution is 2.52. The number of nitrogens with zero attached hydrogens (tertiary/aromatic N) is 3. The second kappa shape index (κ2) is 8.22. The molecule has 1 aromatic heterocycles. The number of hydrogen-bond acceptors (Lipinski definition) is 5. The van der Waals surface area contributed by atoms with E-state index < -0.39 is 5.91 Å². The first-order valence-electron chi connectivity index (χ1n) is 12.0. The normalized spacial score (nSPS) is 25.0. The van der Waals surface area contributed by atoms with Gasteiger partial charge in [-0.2, -0.15) is 9.78 Å². The molecule has 2 fully saturated rings. The van der Waals surface area contributed by atoms with E-state index in [0.717, 1.165) is 36.2 Å². The van der Waals surface area contributed by atoms with E-state index in [2.05, 4.69) is 27.8 Å². The Hall–Kier alpha value is -3.13. The Morgan fingerprint density at radius 1 is 1.06 bits per heavy atom. The zero-order valence-corrected chi connectivity index (χ0v) is 19.7. The molecule has 2 saturated heterocycles. The fraction of sp³-hybridized carbons (Fsp3) is 0.321. The lowest BCUT2D eigenvalue weighted by Crippen LogP contribution is -2.58. The number of hydrogen-bond donors (Lipinski definition) is 0. The molecule has 2 aromatic carbocycles. The molecule has 2 atom stereocenters. The van der Waals surface area contributed by atoms with E-state index in [0.29, 0.717) is 17.8 Å². The molecular weight excluding hydrogens is 448 g/mol. The molecule has 3 aliphatic rings. The minimum absolute atomic E-state index is 0.225. The van der Waals surface area contributed by atoms with Crippen molar-refractivity contribution < 1.29 is 18.6 Å². The molecule has 6 rings (SSSR count). The molecule has 0 aliphatic carbocycles. The molecule has 0 amide bonds. The Morgan fingerprint density at radius 2 is 1.91 bits per heavy atom. The van der Waals surface area contributed by atoms with Gasteiger partial charge in [-0.15, -0.1) is 0 Å². The number of piperidine rings is 1. The molecule has 35 heavy (non-hydrogen) atoms. The first-order valence-corrected chi connectivity index (χ1v) is 12.0. The molecule has 3 aliphatic heterocycles. The number of halogens is 2. The van der Waals surface area contributed by atoms with Gasteiger partial charge in [0.2, 0.25) is 0 Å². The van der Waals surface area contributed by atoms with Crippen LogP contribution in [0.1, 0.15) is 30.9 Å². The van der Waals surface area contributed by atoms with Gasteiger partial charge in [0.1, 0.15) is 11.6 Å². The van der Waals surface area contributed by atoms with Crippen LogP contribution in [-0.4, -0.2) is 33.9 Å². The summed E-state index contributed by atoms with van der Waals surface area (Å²) in [5.74, 6) is -1.50. The molecule has 0 radical (unpaired) electrons. The largest absolute Gasteiger partial charge is 0.331 e. The number of anilines is 1. The maximum absolute atomic E-state index is 14.7. The summed E-state index contributed by atoms with van der Waals surface area (Å²) >= 11 is 0. The predicted molar refractivity (Wildman–Crippen MR) is 129 cm³/mol. The topological polar surface area (TPSA) is 44.4 Å². The van der Waals surface area contributed by atoms with Gasteiger partial charge in [-0.3, -0.25) is 9.88 Å². The van der Waals surface area contributed by atoms with Crippen LogP contribution < -0.4 is 4.90 Å². The zero-order chi connectivity index (χ0) is 24.2. The highest BCUT2D eigenvalue weighted by molar-refractivity contribution is 5.64. The lowest BCUT2D eigenvalue weighted by atomic mass is 9.82. The summed E-state index contributed by atoms with van der Waals surface area (Å²) in [6, 6.07) is 15.9. The van der Waals surface area contributed by atoms with E-state index >= 15 is 0 Å². The Morgan fingerprint density at radius 3 is 2.66 bits per heavy atom. The second-order valence-corrected chi connectivity index (χ2v) is 9.81. The van der Waals surface area contributed by atoms with Crippen molar-refractivity contribution in [1.82, 2.24) is 9.88 Å². The van der Waals surface area contributed by atoms with Gasteiger partial charge in [0.05, 0.1) is 11.2 Å². The minimum atomic E-state index is -0.942. The van der Waals surface area contributed by atoms with Crippen LogP contribution in [0, 0.1) is 18.6 Å². The summed E-state index contributed by atoms with van der Waals surface area (Å²) in [4.78, 5) is 19.7. The SMILES string of the molecule is Cc1cccnc1-c1cc(CN2CC[C@]3(C=CC4(OO4)N3c3cccc(F)c3)C[C@@H]2C)ccc1F.